The molecule has 4 aromatic rings. The summed E-state index contributed by atoms with van der Waals surface area (Å²) in [5, 5.41) is 10.4. The van der Waals surface area contributed by atoms with Gasteiger partial charge in [-0.05, 0) is 36.4 Å². The first-order valence-corrected chi connectivity index (χ1v) is 8.32. The van der Waals surface area contributed by atoms with Gasteiger partial charge in [0.1, 0.15) is 11.5 Å². The Bertz CT molecular complexity index is 1160. The van der Waals surface area contributed by atoms with Gasteiger partial charge < -0.3 is 10.3 Å². The normalized spacial score (nSPS) is 10.9. The first kappa shape index (κ1) is 17.0. The highest BCUT2D eigenvalue weighted by molar-refractivity contribution is 6.35. The van der Waals surface area contributed by atoms with Crippen LogP contribution in [0.5, 0.6) is 0 Å². The van der Waals surface area contributed by atoms with Crippen molar-refractivity contribution in [1.82, 2.24) is 15.2 Å². The number of hydrogen-bond acceptors (Lipinski definition) is 3. The van der Waals surface area contributed by atoms with Crippen molar-refractivity contribution in [3.63, 3.8) is 0 Å². The molecule has 27 heavy (non-hydrogen) atoms. The SMILES string of the molecule is O=C(Nc1ccc2cn[nH]c2c1)c1cc(C(=O)c2c(F)cccc2Cl)c[nH]1. The highest BCUT2D eigenvalue weighted by atomic mass is 35.5. The van der Waals surface area contributed by atoms with Crippen molar-refractivity contribution < 1.29 is 14.0 Å². The fourth-order valence-electron chi connectivity index (χ4n) is 2.73. The number of aromatic nitrogens is 3. The van der Waals surface area contributed by atoms with Crippen LogP contribution >= 0.6 is 11.6 Å². The van der Waals surface area contributed by atoms with Gasteiger partial charge in [0, 0.05) is 22.8 Å². The van der Waals surface area contributed by atoms with E-state index in [1.165, 1.54) is 24.4 Å². The number of H-pyrrole nitrogens is 2. The molecule has 3 N–H and O–H groups in total. The molecular formula is C19H12ClFN4O2. The number of rotatable bonds is 4. The number of benzene rings is 2. The van der Waals surface area contributed by atoms with E-state index in [1.54, 1.807) is 18.3 Å². The van der Waals surface area contributed by atoms with Gasteiger partial charge >= 0.3 is 0 Å². The van der Waals surface area contributed by atoms with Crippen molar-refractivity contribution in [3.8, 4) is 0 Å². The van der Waals surface area contributed by atoms with Gasteiger partial charge in [-0.15, -0.1) is 0 Å². The molecule has 2 aromatic carbocycles. The first-order valence-electron chi connectivity index (χ1n) is 7.94. The molecule has 134 valence electrons. The minimum Gasteiger partial charge on any atom is -0.356 e. The summed E-state index contributed by atoms with van der Waals surface area (Å²) in [7, 11) is 0. The summed E-state index contributed by atoms with van der Waals surface area (Å²) >= 11 is 5.93. The topological polar surface area (TPSA) is 90.6 Å². The summed E-state index contributed by atoms with van der Waals surface area (Å²) < 4.78 is 13.9. The maximum atomic E-state index is 13.9. The Kier molecular flexibility index (Phi) is 4.21. The fraction of sp³-hybridized carbons (Fsp3) is 0. The third-order valence-electron chi connectivity index (χ3n) is 4.08. The van der Waals surface area contributed by atoms with Crippen molar-refractivity contribution in [2.75, 3.05) is 5.32 Å². The number of nitrogens with zero attached hydrogens (tertiary/aromatic N) is 1. The van der Waals surface area contributed by atoms with Gasteiger partial charge in [0.15, 0.2) is 5.78 Å². The summed E-state index contributed by atoms with van der Waals surface area (Å²) in [5.41, 5.74) is 1.42. The third kappa shape index (κ3) is 3.20. The number of anilines is 1. The number of carbonyl (C=O) groups is 2. The Labute approximate surface area is 157 Å². The van der Waals surface area contributed by atoms with E-state index >= 15 is 0 Å². The van der Waals surface area contributed by atoms with Crippen LogP contribution < -0.4 is 5.32 Å². The van der Waals surface area contributed by atoms with Gasteiger partial charge in [0.2, 0.25) is 0 Å². The van der Waals surface area contributed by atoms with Crippen LogP contribution in [0.3, 0.4) is 0 Å². The Morgan fingerprint density at radius 1 is 1.15 bits per heavy atom. The molecule has 0 spiro atoms. The van der Waals surface area contributed by atoms with E-state index in [0.717, 1.165) is 17.0 Å². The monoisotopic (exact) mass is 382 g/mol. The number of halogens is 2. The molecule has 0 bridgehead atoms. The zero-order valence-electron chi connectivity index (χ0n) is 13.7. The zero-order chi connectivity index (χ0) is 19.0. The lowest BCUT2D eigenvalue weighted by atomic mass is 10.1. The molecule has 2 aromatic heterocycles. The fourth-order valence-corrected chi connectivity index (χ4v) is 2.98. The van der Waals surface area contributed by atoms with Crippen LogP contribution in [0.2, 0.25) is 5.02 Å². The second-order valence-corrected chi connectivity index (χ2v) is 6.26. The minimum absolute atomic E-state index is 0.0139. The lowest BCUT2D eigenvalue weighted by Crippen LogP contribution is -2.12. The molecule has 8 heteroatoms. The smallest absolute Gasteiger partial charge is 0.272 e. The van der Waals surface area contributed by atoms with Crippen molar-refractivity contribution in [2.24, 2.45) is 0 Å². The Morgan fingerprint density at radius 2 is 2.00 bits per heavy atom. The number of hydrogen-bond donors (Lipinski definition) is 3. The number of fused-ring (bicyclic) bond motifs is 1. The van der Waals surface area contributed by atoms with Crippen LogP contribution in [0.4, 0.5) is 10.1 Å². The molecule has 0 radical (unpaired) electrons. The average molecular weight is 383 g/mol. The Hall–Kier alpha value is -3.45. The number of carbonyl (C=O) groups excluding carboxylic acids is 2. The molecule has 0 saturated carbocycles. The van der Waals surface area contributed by atoms with Crippen molar-refractivity contribution >= 4 is 39.9 Å². The third-order valence-corrected chi connectivity index (χ3v) is 4.39. The standard InChI is InChI=1S/C19H12ClFN4O2/c20-13-2-1-3-14(21)17(13)18(26)11-6-16(22-8-11)19(27)24-12-5-4-10-9-23-25-15(10)7-12/h1-9,22H,(H,23,25)(H,24,27). The molecule has 0 fully saturated rings. The molecule has 0 atom stereocenters. The van der Waals surface area contributed by atoms with Gasteiger partial charge in [-0.25, -0.2) is 4.39 Å². The van der Waals surface area contributed by atoms with E-state index in [9.17, 15) is 14.0 Å². The van der Waals surface area contributed by atoms with Crippen LogP contribution in [-0.4, -0.2) is 26.9 Å². The Balaban J connectivity index is 1.56. The predicted octanol–water partition coefficient (Wildman–Crippen LogP) is 4.17. The van der Waals surface area contributed by atoms with Gasteiger partial charge in [0.05, 0.1) is 22.3 Å². The van der Waals surface area contributed by atoms with E-state index in [0.29, 0.717) is 5.69 Å². The second-order valence-electron chi connectivity index (χ2n) is 5.85. The van der Waals surface area contributed by atoms with Gasteiger partial charge in [-0.1, -0.05) is 17.7 Å². The van der Waals surface area contributed by atoms with Crippen LogP contribution in [0.15, 0.2) is 54.9 Å². The summed E-state index contributed by atoms with van der Waals surface area (Å²) in [6.07, 6.45) is 3.02. The quantitative estimate of drug-likeness (QED) is 0.463. The number of nitrogens with one attached hydrogen (secondary N) is 3. The second kappa shape index (κ2) is 6.69. The van der Waals surface area contributed by atoms with Crippen molar-refractivity contribution in [1.29, 1.82) is 0 Å². The van der Waals surface area contributed by atoms with E-state index in [2.05, 4.69) is 20.5 Å². The molecule has 0 aliphatic heterocycles. The van der Waals surface area contributed by atoms with E-state index in [4.69, 9.17) is 11.6 Å². The summed E-state index contributed by atoms with van der Waals surface area (Å²) in [4.78, 5) is 27.7. The van der Waals surface area contributed by atoms with E-state index in [-0.39, 0.29) is 21.8 Å². The van der Waals surface area contributed by atoms with Crippen LogP contribution in [0, 0.1) is 5.82 Å². The van der Waals surface area contributed by atoms with Gasteiger partial charge in [-0.2, -0.15) is 5.10 Å². The maximum absolute atomic E-state index is 13.9. The van der Waals surface area contributed by atoms with Gasteiger partial charge in [-0.3, -0.25) is 14.7 Å². The largest absolute Gasteiger partial charge is 0.356 e. The Morgan fingerprint density at radius 3 is 2.81 bits per heavy atom. The van der Waals surface area contributed by atoms with Gasteiger partial charge in [0.25, 0.3) is 5.91 Å². The highest BCUT2D eigenvalue weighted by Gasteiger charge is 2.20. The summed E-state index contributed by atoms with van der Waals surface area (Å²) in [6, 6.07) is 10.7. The van der Waals surface area contributed by atoms with Crippen molar-refractivity contribution in [3.05, 3.63) is 82.5 Å². The van der Waals surface area contributed by atoms with Crippen LogP contribution in [0.1, 0.15) is 26.4 Å². The average Bonchev–Trinajstić information content (AvgIpc) is 3.30. The molecule has 2 heterocycles. The van der Waals surface area contributed by atoms with E-state index in [1.807, 2.05) is 6.07 Å². The number of aromatic amines is 2. The van der Waals surface area contributed by atoms with Crippen LogP contribution in [0.25, 0.3) is 10.9 Å². The molecular weight excluding hydrogens is 371 g/mol. The molecule has 6 nitrogen and oxygen atoms in total. The minimum atomic E-state index is -0.715. The lowest BCUT2D eigenvalue weighted by molar-refractivity contribution is 0.102. The van der Waals surface area contributed by atoms with Crippen LogP contribution in [-0.2, 0) is 0 Å². The molecule has 0 aliphatic rings. The number of amides is 1. The summed E-state index contributed by atoms with van der Waals surface area (Å²) in [6.45, 7) is 0. The molecule has 0 saturated heterocycles. The maximum Gasteiger partial charge on any atom is 0.272 e. The van der Waals surface area contributed by atoms with Crippen molar-refractivity contribution in [2.45, 2.75) is 0 Å². The predicted molar refractivity (Wildman–Crippen MR) is 99.7 cm³/mol. The molecule has 1 amide bonds. The molecule has 0 aliphatic carbocycles. The highest BCUT2D eigenvalue weighted by Crippen LogP contribution is 2.23. The lowest BCUT2D eigenvalue weighted by Gasteiger charge is -2.04. The molecule has 0 unspecified atom stereocenters. The number of ketones is 1. The zero-order valence-corrected chi connectivity index (χ0v) is 14.5. The first-order chi connectivity index (χ1) is 13.0. The van der Waals surface area contributed by atoms with E-state index < -0.39 is 17.5 Å². The summed E-state index contributed by atoms with van der Waals surface area (Å²) in [5.74, 6) is -1.76. The molecule has 4 rings (SSSR count).